The molecule has 0 atom stereocenters. The van der Waals surface area contributed by atoms with Crippen molar-refractivity contribution < 1.29 is 9.21 Å². The first kappa shape index (κ1) is 24.4. The summed E-state index contributed by atoms with van der Waals surface area (Å²) >= 11 is 0. The minimum atomic E-state index is 0.131. The molecule has 8 rings (SSSR count). The molecule has 2 aromatic heterocycles. The summed E-state index contributed by atoms with van der Waals surface area (Å²) in [5.74, 6) is 0.131. The first-order valence-electron chi connectivity index (χ1n) is 14.3. The van der Waals surface area contributed by atoms with Gasteiger partial charge in [0.1, 0.15) is 11.2 Å². The van der Waals surface area contributed by atoms with Crippen LogP contribution in [-0.2, 0) is 6.42 Å². The number of ketones is 1. The van der Waals surface area contributed by atoms with Crippen molar-refractivity contribution >= 4 is 49.5 Å². The third-order valence-electron chi connectivity index (χ3n) is 8.37. The molecule has 0 unspecified atom stereocenters. The second-order valence-corrected chi connectivity index (χ2v) is 10.9. The topological polar surface area (TPSA) is 35.1 Å². The van der Waals surface area contributed by atoms with Crippen molar-refractivity contribution in [3.05, 3.63) is 150 Å². The minimum absolute atomic E-state index is 0.131. The molecule has 0 fully saturated rings. The van der Waals surface area contributed by atoms with Gasteiger partial charge >= 0.3 is 0 Å². The van der Waals surface area contributed by atoms with Gasteiger partial charge in [-0.25, -0.2) is 0 Å². The molecule has 8 aromatic rings. The van der Waals surface area contributed by atoms with E-state index in [4.69, 9.17) is 4.42 Å². The second kappa shape index (κ2) is 9.60. The molecule has 0 aliphatic rings. The molecule has 42 heavy (non-hydrogen) atoms. The number of para-hydroxylation sites is 3. The van der Waals surface area contributed by atoms with Crippen molar-refractivity contribution in [3.63, 3.8) is 0 Å². The Labute approximate surface area is 243 Å². The molecule has 0 radical (unpaired) electrons. The number of hydrogen-bond acceptors (Lipinski definition) is 2. The van der Waals surface area contributed by atoms with Crippen molar-refractivity contribution in [3.8, 4) is 16.8 Å². The zero-order valence-corrected chi connectivity index (χ0v) is 23.2. The van der Waals surface area contributed by atoms with Crippen LogP contribution in [0.15, 0.2) is 138 Å². The maximum Gasteiger partial charge on any atom is 0.167 e. The van der Waals surface area contributed by atoms with Crippen molar-refractivity contribution in [2.45, 2.75) is 13.3 Å². The van der Waals surface area contributed by atoms with E-state index >= 15 is 0 Å². The van der Waals surface area contributed by atoms with E-state index in [1.54, 1.807) is 0 Å². The lowest BCUT2D eigenvalue weighted by atomic mass is 9.97. The van der Waals surface area contributed by atoms with Gasteiger partial charge in [0, 0.05) is 44.8 Å². The van der Waals surface area contributed by atoms with E-state index in [2.05, 4.69) is 89.5 Å². The molecule has 0 bridgehead atoms. The number of fused-ring (bicyclic) bond motifs is 6. The molecule has 3 nitrogen and oxygen atoms in total. The van der Waals surface area contributed by atoms with E-state index in [0.29, 0.717) is 6.42 Å². The number of aromatic nitrogens is 1. The zero-order valence-electron chi connectivity index (χ0n) is 23.2. The van der Waals surface area contributed by atoms with E-state index in [1.165, 1.54) is 5.39 Å². The van der Waals surface area contributed by atoms with Crippen molar-refractivity contribution in [1.82, 2.24) is 4.57 Å². The fraction of sp³-hybridized carbons (Fsp3) is 0.0513. The molecule has 0 saturated heterocycles. The van der Waals surface area contributed by atoms with Gasteiger partial charge in [-0.15, -0.1) is 0 Å². The molecule has 0 spiro atoms. The van der Waals surface area contributed by atoms with E-state index in [9.17, 15) is 4.79 Å². The highest BCUT2D eigenvalue weighted by Gasteiger charge is 2.18. The fourth-order valence-electron chi connectivity index (χ4n) is 6.34. The molecule has 0 N–H and O–H groups in total. The quantitative estimate of drug-likeness (QED) is 0.203. The summed E-state index contributed by atoms with van der Waals surface area (Å²) in [6, 6.07) is 45.8. The third-order valence-corrected chi connectivity index (χ3v) is 8.37. The van der Waals surface area contributed by atoms with Gasteiger partial charge in [-0.1, -0.05) is 97.1 Å². The van der Waals surface area contributed by atoms with Crippen LogP contribution in [-0.4, -0.2) is 10.4 Å². The van der Waals surface area contributed by atoms with Gasteiger partial charge in [0.05, 0.1) is 11.0 Å². The number of nitrogens with zero attached hydrogens (tertiary/aromatic N) is 1. The number of carbonyl (C=O) groups excluding carboxylic acids is 1. The smallest absolute Gasteiger partial charge is 0.167 e. The number of hydrogen-bond donors (Lipinski definition) is 0. The zero-order chi connectivity index (χ0) is 28.2. The highest BCUT2D eigenvalue weighted by atomic mass is 16.3. The van der Waals surface area contributed by atoms with E-state index in [-0.39, 0.29) is 5.78 Å². The molecule has 3 heteroatoms. The Morgan fingerprint density at radius 2 is 1.36 bits per heavy atom. The van der Waals surface area contributed by atoms with Gasteiger partial charge in [0.15, 0.2) is 5.78 Å². The number of rotatable bonds is 5. The summed E-state index contributed by atoms with van der Waals surface area (Å²) in [7, 11) is 0. The maximum absolute atomic E-state index is 13.5. The Morgan fingerprint density at radius 1 is 0.643 bits per heavy atom. The summed E-state index contributed by atoms with van der Waals surface area (Å²) in [6.07, 6.45) is 0.384. The molecule has 2 heterocycles. The van der Waals surface area contributed by atoms with Gasteiger partial charge in [-0.3, -0.25) is 4.79 Å². The lowest BCUT2D eigenvalue weighted by Gasteiger charge is -2.11. The average molecular weight is 542 g/mol. The average Bonchev–Trinajstić information content (AvgIpc) is 3.57. The van der Waals surface area contributed by atoms with Gasteiger partial charge in [0.25, 0.3) is 0 Å². The summed E-state index contributed by atoms with van der Waals surface area (Å²) in [5, 5.41) is 4.58. The summed E-state index contributed by atoms with van der Waals surface area (Å²) in [5.41, 5.74) is 9.96. The Morgan fingerprint density at radius 3 is 2.19 bits per heavy atom. The van der Waals surface area contributed by atoms with E-state index in [1.807, 2.05) is 55.5 Å². The molecule has 6 aromatic carbocycles. The predicted octanol–water partition coefficient (Wildman–Crippen LogP) is 10.1. The molecule has 200 valence electrons. The molecule has 0 saturated carbocycles. The van der Waals surface area contributed by atoms with Gasteiger partial charge in [-0.2, -0.15) is 0 Å². The van der Waals surface area contributed by atoms with Gasteiger partial charge in [-0.05, 0) is 60.0 Å². The summed E-state index contributed by atoms with van der Waals surface area (Å²) < 4.78 is 8.58. The van der Waals surface area contributed by atoms with Gasteiger partial charge in [0.2, 0.25) is 0 Å². The Balaban J connectivity index is 1.26. The normalized spacial score (nSPS) is 11.6. The molecule has 0 aliphatic carbocycles. The van der Waals surface area contributed by atoms with Crippen LogP contribution in [0.2, 0.25) is 0 Å². The highest BCUT2D eigenvalue weighted by molar-refractivity contribution is 6.13. The Hall–Kier alpha value is -5.41. The van der Waals surface area contributed by atoms with Gasteiger partial charge < -0.3 is 8.98 Å². The van der Waals surface area contributed by atoms with Crippen LogP contribution >= 0.6 is 0 Å². The predicted molar refractivity (Wildman–Crippen MR) is 173 cm³/mol. The largest absolute Gasteiger partial charge is 0.455 e. The monoisotopic (exact) mass is 541 g/mol. The molecule has 0 amide bonds. The first-order chi connectivity index (χ1) is 20.7. The highest BCUT2D eigenvalue weighted by Crippen LogP contribution is 2.37. The molecular weight excluding hydrogens is 514 g/mol. The fourth-order valence-corrected chi connectivity index (χ4v) is 6.34. The van der Waals surface area contributed by atoms with E-state index < -0.39 is 0 Å². The van der Waals surface area contributed by atoms with Crippen LogP contribution < -0.4 is 0 Å². The van der Waals surface area contributed by atoms with E-state index in [0.717, 1.165) is 71.9 Å². The summed E-state index contributed by atoms with van der Waals surface area (Å²) in [4.78, 5) is 13.5. The SMILES string of the molecule is Cc1cc2c3ccccc3n(-c3ccc(-c4cccc5c4oc4ccccc45)cc3)c2cc1C(=O)Cc1ccccc1. The Bertz CT molecular complexity index is 2290. The van der Waals surface area contributed by atoms with Crippen molar-refractivity contribution in [2.75, 3.05) is 0 Å². The number of benzene rings is 6. The number of aryl methyl sites for hydroxylation is 1. The van der Waals surface area contributed by atoms with Crippen LogP contribution in [0.4, 0.5) is 0 Å². The first-order valence-corrected chi connectivity index (χ1v) is 14.3. The van der Waals surface area contributed by atoms with Crippen LogP contribution in [0.1, 0.15) is 21.5 Å². The minimum Gasteiger partial charge on any atom is -0.455 e. The molecule has 0 aliphatic heterocycles. The van der Waals surface area contributed by atoms with Crippen molar-refractivity contribution in [1.29, 1.82) is 0 Å². The lowest BCUT2D eigenvalue weighted by molar-refractivity contribution is 0.0992. The summed E-state index contributed by atoms with van der Waals surface area (Å²) in [6.45, 7) is 2.04. The molecular formula is C39H27NO2. The van der Waals surface area contributed by atoms with Crippen LogP contribution in [0.3, 0.4) is 0 Å². The van der Waals surface area contributed by atoms with Crippen molar-refractivity contribution in [2.24, 2.45) is 0 Å². The maximum atomic E-state index is 13.5. The van der Waals surface area contributed by atoms with Crippen LogP contribution in [0.5, 0.6) is 0 Å². The van der Waals surface area contributed by atoms with Crippen LogP contribution in [0.25, 0.3) is 60.6 Å². The Kier molecular flexibility index (Phi) is 5.58. The number of furan rings is 1. The second-order valence-electron chi connectivity index (χ2n) is 10.9. The number of Topliss-reactive ketones (excluding diaryl/α,β-unsaturated/α-hetero) is 1. The van der Waals surface area contributed by atoms with Crippen LogP contribution in [0, 0.1) is 6.92 Å². The third kappa shape index (κ3) is 3.86. The standard InChI is InChI=1S/C39H27NO2/c1-25-22-34-30-12-5-7-16-35(30)40(36(34)24-33(25)37(41)23-26-10-3-2-4-11-26)28-20-18-27(19-21-28)29-14-9-15-32-31-13-6-8-17-38(31)42-39(29)32/h2-22,24H,23H2,1H3. The number of carbonyl (C=O) groups is 1. The lowest BCUT2D eigenvalue weighted by Crippen LogP contribution is -2.06.